The molecule has 162 valence electrons. The van der Waals surface area contributed by atoms with Crippen molar-refractivity contribution in [2.24, 2.45) is 0 Å². The summed E-state index contributed by atoms with van der Waals surface area (Å²) < 4.78 is 7.26. The van der Waals surface area contributed by atoms with E-state index in [4.69, 9.17) is 4.74 Å². The van der Waals surface area contributed by atoms with Gasteiger partial charge < -0.3 is 19.3 Å². The normalized spacial score (nSPS) is 24.9. The second-order valence-electron chi connectivity index (χ2n) is 8.81. The number of carbonyl (C=O) groups is 2. The number of ketones is 1. The highest BCUT2D eigenvalue weighted by Gasteiger charge is 2.41. The first kappa shape index (κ1) is 20.0. The smallest absolute Gasteiger partial charge is 0.276 e. The molecule has 3 aliphatic rings. The Hall–Kier alpha value is -2.93. The Kier molecular flexibility index (Phi) is 4.93. The zero-order valence-electron chi connectivity index (χ0n) is 17.5. The third-order valence-electron chi connectivity index (χ3n) is 6.90. The maximum absolute atomic E-state index is 13.1. The summed E-state index contributed by atoms with van der Waals surface area (Å²) in [6.07, 6.45) is 4.79. The number of rotatable bonds is 3. The van der Waals surface area contributed by atoms with Crippen LogP contribution in [0.25, 0.3) is 0 Å². The molecule has 5 rings (SSSR count). The van der Waals surface area contributed by atoms with Crippen LogP contribution in [0.5, 0.6) is 5.75 Å². The lowest BCUT2D eigenvalue weighted by Gasteiger charge is -2.44. The summed E-state index contributed by atoms with van der Waals surface area (Å²) in [4.78, 5) is 40.6. The van der Waals surface area contributed by atoms with Crippen molar-refractivity contribution in [2.45, 2.75) is 63.8 Å². The molecule has 7 nitrogen and oxygen atoms in total. The summed E-state index contributed by atoms with van der Waals surface area (Å²) in [7, 11) is 0. The van der Waals surface area contributed by atoms with Gasteiger partial charge in [0.15, 0.2) is 23.5 Å². The van der Waals surface area contributed by atoms with E-state index in [1.807, 2.05) is 19.1 Å². The standard InChI is InChI=1S/C24H26N2O5/c1-14-9-10-31-20-13-25-12-18(22(28)23(29)21(25)24(30)26(14)20)19(27)11-16-7-4-6-15-5-2-3-8-17(15)16/h2-3,5,8,12,14,16,20,29H,4,6-7,9-11,13H2,1H3/t14-,16-,20+/m1/s1. The van der Waals surface area contributed by atoms with Gasteiger partial charge in [-0.1, -0.05) is 24.3 Å². The number of pyridine rings is 1. The number of hydrogen-bond donors (Lipinski definition) is 1. The third-order valence-corrected chi connectivity index (χ3v) is 6.90. The quantitative estimate of drug-likeness (QED) is 0.769. The summed E-state index contributed by atoms with van der Waals surface area (Å²) >= 11 is 0. The fourth-order valence-electron chi connectivity index (χ4n) is 5.26. The molecule has 3 atom stereocenters. The molecule has 3 heterocycles. The molecule has 2 aliphatic heterocycles. The van der Waals surface area contributed by atoms with Crippen molar-refractivity contribution in [3.63, 3.8) is 0 Å². The van der Waals surface area contributed by atoms with E-state index < -0.39 is 23.3 Å². The fourth-order valence-corrected chi connectivity index (χ4v) is 5.26. The molecule has 0 bridgehead atoms. The predicted octanol–water partition coefficient (Wildman–Crippen LogP) is 2.84. The minimum Gasteiger partial charge on any atom is -0.503 e. The summed E-state index contributed by atoms with van der Waals surface area (Å²) in [6, 6.07) is 8.09. The van der Waals surface area contributed by atoms with Crippen LogP contribution in [0.15, 0.2) is 35.3 Å². The molecule has 0 radical (unpaired) electrons. The van der Waals surface area contributed by atoms with Crippen molar-refractivity contribution in [2.75, 3.05) is 6.61 Å². The first-order chi connectivity index (χ1) is 15.0. The van der Waals surface area contributed by atoms with E-state index in [1.165, 1.54) is 21.9 Å². The Balaban J connectivity index is 1.48. The number of fused-ring (bicyclic) bond motifs is 3. The lowest BCUT2D eigenvalue weighted by Crippen LogP contribution is -2.57. The molecule has 31 heavy (non-hydrogen) atoms. The van der Waals surface area contributed by atoms with Gasteiger partial charge in [0.2, 0.25) is 5.43 Å². The van der Waals surface area contributed by atoms with E-state index in [9.17, 15) is 19.5 Å². The molecule has 1 fully saturated rings. The molecule has 7 heteroatoms. The summed E-state index contributed by atoms with van der Waals surface area (Å²) in [5, 5.41) is 10.6. The number of Topliss-reactive ketones (excluding diaryl/α,β-unsaturated/α-hetero) is 1. The Labute approximate surface area is 180 Å². The van der Waals surface area contributed by atoms with Crippen LogP contribution in [-0.2, 0) is 17.7 Å². The van der Waals surface area contributed by atoms with Gasteiger partial charge in [-0.15, -0.1) is 0 Å². The molecule has 1 saturated heterocycles. The molecule has 1 N–H and O–H groups in total. The molecule has 0 spiro atoms. The van der Waals surface area contributed by atoms with E-state index in [2.05, 4.69) is 12.1 Å². The number of carbonyl (C=O) groups excluding carboxylic acids is 2. The molecule has 1 amide bonds. The average Bonchev–Trinajstić information content (AvgIpc) is 2.76. The second-order valence-corrected chi connectivity index (χ2v) is 8.81. The van der Waals surface area contributed by atoms with Gasteiger partial charge in [0.25, 0.3) is 5.91 Å². The van der Waals surface area contributed by atoms with Gasteiger partial charge in [0, 0.05) is 18.7 Å². The van der Waals surface area contributed by atoms with E-state index in [-0.39, 0.29) is 42.0 Å². The number of aromatic nitrogens is 1. The number of ether oxygens (including phenoxy) is 1. The number of nitrogens with zero attached hydrogens (tertiary/aromatic N) is 2. The number of aromatic hydroxyl groups is 1. The van der Waals surface area contributed by atoms with E-state index in [1.54, 1.807) is 4.90 Å². The first-order valence-electron chi connectivity index (χ1n) is 11.0. The van der Waals surface area contributed by atoms with Crippen molar-refractivity contribution in [3.8, 4) is 5.75 Å². The van der Waals surface area contributed by atoms with Crippen LogP contribution in [-0.4, -0.2) is 45.1 Å². The number of benzene rings is 1. The van der Waals surface area contributed by atoms with Crippen LogP contribution in [0.4, 0.5) is 0 Å². The number of hydrogen-bond acceptors (Lipinski definition) is 5. The van der Waals surface area contributed by atoms with Gasteiger partial charge in [-0.05, 0) is 49.7 Å². The van der Waals surface area contributed by atoms with Crippen LogP contribution in [0.1, 0.15) is 70.5 Å². The van der Waals surface area contributed by atoms with Crippen LogP contribution in [0.2, 0.25) is 0 Å². The zero-order chi connectivity index (χ0) is 21.7. The SMILES string of the molecule is C[C@@H]1CCO[C@H]2Cn3cc(C(=O)C[C@H]4CCCc5ccccc54)c(=O)c(O)c3C(=O)N12. The summed E-state index contributed by atoms with van der Waals surface area (Å²) in [5.74, 6) is -1.32. The van der Waals surface area contributed by atoms with Gasteiger partial charge in [-0.3, -0.25) is 14.4 Å². The third kappa shape index (κ3) is 3.28. The monoisotopic (exact) mass is 422 g/mol. The van der Waals surface area contributed by atoms with Gasteiger partial charge in [-0.25, -0.2) is 0 Å². The zero-order valence-corrected chi connectivity index (χ0v) is 17.5. The Bertz CT molecular complexity index is 1120. The molecule has 1 aromatic carbocycles. The highest BCUT2D eigenvalue weighted by Crippen LogP contribution is 2.35. The lowest BCUT2D eigenvalue weighted by atomic mass is 9.79. The largest absolute Gasteiger partial charge is 0.503 e. The van der Waals surface area contributed by atoms with E-state index >= 15 is 0 Å². The topological polar surface area (TPSA) is 88.8 Å². The van der Waals surface area contributed by atoms with Crippen LogP contribution < -0.4 is 5.43 Å². The minimum absolute atomic E-state index is 0.0396. The van der Waals surface area contributed by atoms with Gasteiger partial charge in [-0.2, -0.15) is 0 Å². The van der Waals surface area contributed by atoms with Crippen molar-refractivity contribution in [1.29, 1.82) is 0 Å². The highest BCUT2D eigenvalue weighted by atomic mass is 16.5. The average molecular weight is 422 g/mol. The van der Waals surface area contributed by atoms with Gasteiger partial charge in [0.05, 0.1) is 18.7 Å². The predicted molar refractivity (Wildman–Crippen MR) is 113 cm³/mol. The maximum Gasteiger partial charge on any atom is 0.276 e. The van der Waals surface area contributed by atoms with Crippen molar-refractivity contribution >= 4 is 11.7 Å². The fraction of sp³-hybridized carbons (Fsp3) is 0.458. The number of amides is 1. The Morgan fingerprint density at radius 1 is 1.23 bits per heavy atom. The van der Waals surface area contributed by atoms with Crippen LogP contribution in [0, 0.1) is 0 Å². The Morgan fingerprint density at radius 2 is 2.03 bits per heavy atom. The van der Waals surface area contributed by atoms with Crippen LogP contribution in [0.3, 0.4) is 0 Å². The lowest BCUT2D eigenvalue weighted by molar-refractivity contribution is -0.112. The van der Waals surface area contributed by atoms with E-state index in [0.29, 0.717) is 13.0 Å². The molecule has 1 aromatic heterocycles. The highest BCUT2D eigenvalue weighted by molar-refractivity contribution is 6.00. The molecule has 1 aliphatic carbocycles. The molecule has 0 saturated carbocycles. The summed E-state index contributed by atoms with van der Waals surface area (Å²) in [5.41, 5.74) is 1.54. The van der Waals surface area contributed by atoms with Gasteiger partial charge >= 0.3 is 0 Å². The second kappa shape index (κ2) is 7.64. The molecular formula is C24H26N2O5. The molecular weight excluding hydrogens is 396 g/mol. The summed E-state index contributed by atoms with van der Waals surface area (Å²) in [6.45, 7) is 2.76. The minimum atomic E-state index is -0.766. The Morgan fingerprint density at radius 3 is 2.87 bits per heavy atom. The molecule has 2 aromatic rings. The van der Waals surface area contributed by atoms with Gasteiger partial charge in [0.1, 0.15) is 0 Å². The number of aryl methyl sites for hydroxylation is 1. The first-order valence-corrected chi connectivity index (χ1v) is 11.0. The van der Waals surface area contributed by atoms with Crippen LogP contribution >= 0.6 is 0 Å². The van der Waals surface area contributed by atoms with Crippen molar-refractivity contribution < 1.29 is 19.4 Å². The van der Waals surface area contributed by atoms with E-state index in [0.717, 1.165) is 19.3 Å². The van der Waals surface area contributed by atoms with Crippen molar-refractivity contribution in [1.82, 2.24) is 9.47 Å². The maximum atomic E-state index is 13.1. The van der Waals surface area contributed by atoms with Crippen molar-refractivity contribution in [3.05, 3.63) is 63.1 Å². The molecule has 0 unspecified atom stereocenters.